The summed E-state index contributed by atoms with van der Waals surface area (Å²) in [7, 11) is 0. The maximum Gasteiger partial charge on any atom is 0.164 e. The van der Waals surface area contributed by atoms with Gasteiger partial charge in [0.25, 0.3) is 0 Å². The quantitative estimate of drug-likeness (QED) is 0.146. The number of fused-ring (bicyclic) bond motifs is 1. The summed E-state index contributed by atoms with van der Waals surface area (Å²) in [5.74, 6) is 2.04. The molecule has 3 aromatic carbocycles. The van der Waals surface area contributed by atoms with Crippen LogP contribution in [0.4, 0.5) is 0 Å². The molecule has 4 aromatic rings. The van der Waals surface area contributed by atoms with Gasteiger partial charge in [-0.2, -0.15) is 0 Å². The van der Waals surface area contributed by atoms with Crippen LogP contribution in [0.2, 0.25) is 0 Å². The average Bonchev–Trinajstić information content (AvgIpc) is 3.15. The molecule has 1 heterocycles. The summed E-state index contributed by atoms with van der Waals surface area (Å²) in [6.07, 6.45) is 25.4. The van der Waals surface area contributed by atoms with Crippen LogP contribution in [0.15, 0.2) is 128 Å². The summed E-state index contributed by atoms with van der Waals surface area (Å²) >= 11 is 0. The molecule has 6 rings (SSSR count). The van der Waals surface area contributed by atoms with Crippen LogP contribution < -0.4 is 0 Å². The van der Waals surface area contributed by atoms with E-state index in [1.165, 1.54) is 33.4 Å². The zero-order valence-electron chi connectivity index (χ0n) is 28.8. The van der Waals surface area contributed by atoms with Gasteiger partial charge in [-0.25, -0.2) is 15.0 Å². The van der Waals surface area contributed by atoms with Gasteiger partial charge < -0.3 is 0 Å². The van der Waals surface area contributed by atoms with E-state index in [2.05, 4.69) is 118 Å². The fraction of sp³-hybridized carbons (Fsp3) is 0.267. The first-order valence-electron chi connectivity index (χ1n) is 17.7. The topological polar surface area (TPSA) is 38.7 Å². The minimum atomic E-state index is -0.0711. The lowest BCUT2D eigenvalue weighted by atomic mass is 9.68. The highest BCUT2D eigenvalue weighted by Crippen LogP contribution is 2.42. The smallest absolute Gasteiger partial charge is 0.164 e. The lowest BCUT2D eigenvalue weighted by Crippen LogP contribution is -2.27. The number of aryl methyl sites for hydroxylation is 1. The van der Waals surface area contributed by atoms with Gasteiger partial charge in [0.15, 0.2) is 17.5 Å². The standard InChI is InChI=1S/C45H47N3/c1-5-15-35(16-6-2)42-46-43(36-18-10-9-11-19-36)48-44(47-42)37-25-29-39(30-26-37)45(31-7-3,32-8-4)38-27-23-34(24-28-38)41-22-14-20-33-17-12-13-21-40(33)41/h5-6,10,12-13,15-19,21-30H,1,7-9,11,14,20,31-32H2,2-4H3/b16-6-,35-15+. The van der Waals surface area contributed by atoms with Crippen LogP contribution in [0.25, 0.3) is 28.1 Å². The molecule has 3 nitrogen and oxygen atoms in total. The number of nitrogens with zero attached hydrogens (tertiary/aromatic N) is 3. The van der Waals surface area contributed by atoms with Crippen molar-refractivity contribution in [1.82, 2.24) is 15.0 Å². The van der Waals surface area contributed by atoms with Gasteiger partial charge in [-0.05, 0) is 78.8 Å². The molecule has 0 unspecified atom stereocenters. The number of rotatable bonds is 12. The molecule has 3 heteroatoms. The Balaban J connectivity index is 1.38. The van der Waals surface area contributed by atoms with Crippen molar-refractivity contribution in [3.63, 3.8) is 0 Å². The normalized spacial score (nSPS) is 14.9. The molecule has 242 valence electrons. The summed E-state index contributed by atoms with van der Waals surface area (Å²) in [5, 5.41) is 0. The summed E-state index contributed by atoms with van der Waals surface area (Å²) in [5.41, 5.74) is 11.1. The molecule has 48 heavy (non-hydrogen) atoms. The first kappa shape index (κ1) is 33.0. The first-order chi connectivity index (χ1) is 23.6. The first-order valence-corrected chi connectivity index (χ1v) is 17.7. The second-order valence-electron chi connectivity index (χ2n) is 12.9. The minimum Gasteiger partial charge on any atom is -0.208 e. The number of aromatic nitrogens is 3. The predicted octanol–water partition coefficient (Wildman–Crippen LogP) is 11.7. The van der Waals surface area contributed by atoms with Crippen LogP contribution in [-0.2, 0) is 11.8 Å². The van der Waals surface area contributed by atoms with Crippen molar-refractivity contribution >= 4 is 16.7 Å². The molecule has 0 radical (unpaired) electrons. The van der Waals surface area contributed by atoms with Gasteiger partial charge in [-0.15, -0.1) is 0 Å². The maximum absolute atomic E-state index is 5.00. The van der Waals surface area contributed by atoms with E-state index in [1.807, 2.05) is 25.2 Å². The zero-order chi connectivity index (χ0) is 33.3. The second kappa shape index (κ2) is 15.3. The van der Waals surface area contributed by atoms with Gasteiger partial charge in [0.1, 0.15) is 0 Å². The van der Waals surface area contributed by atoms with Crippen molar-refractivity contribution in [3.8, 4) is 11.4 Å². The van der Waals surface area contributed by atoms with Crippen molar-refractivity contribution in [1.29, 1.82) is 0 Å². The van der Waals surface area contributed by atoms with Gasteiger partial charge in [-0.3, -0.25) is 0 Å². The zero-order valence-corrected chi connectivity index (χ0v) is 28.8. The largest absolute Gasteiger partial charge is 0.208 e. The van der Waals surface area contributed by atoms with Crippen molar-refractivity contribution in [2.45, 2.75) is 77.6 Å². The molecule has 0 N–H and O–H groups in total. The molecule has 0 saturated heterocycles. The van der Waals surface area contributed by atoms with E-state index in [9.17, 15) is 0 Å². The fourth-order valence-corrected chi connectivity index (χ4v) is 7.44. The van der Waals surface area contributed by atoms with Crippen molar-refractivity contribution < 1.29 is 0 Å². The number of benzene rings is 3. The second-order valence-corrected chi connectivity index (χ2v) is 12.9. The molecule has 0 bridgehead atoms. The molecular formula is C45H47N3. The van der Waals surface area contributed by atoms with E-state index >= 15 is 0 Å². The van der Waals surface area contributed by atoms with Crippen LogP contribution in [-0.4, -0.2) is 15.0 Å². The number of hydrogen-bond acceptors (Lipinski definition) is 3. The van der Waals surface area contributed by atoms with Crippen molar-refractivity contribution in [3.05, 3.63) is 167 Å². The highest BCUT2D eigenvalue weighted by molar-refractivity contribution is 5.82. The van der Waals surface area contributed by atoms with Crippen LogP contribution in [0.1, 0.15) is 105 Å². The van der Waals surface area contributed by atoms with E-state index in [1.54, 1.807) is 6.08 Å². The molecule has 0 amide bonds. The van der Waals surface area contributed by atoms with Crippen molar-refractivity contribution in [2.24, 2.45) is 0 Å². The number of allylic oxidation sites excluding steroid dienone is 10. The van der Waals surface area contributed by atoms with Gasteiger partial charge in [0, 0.05) is 22.1 Å². The molecule has 2 aliphatic rings. The van der Waals surface area contributed by atoms with E-state index < -0.39 is 0 Å². The third-order valence-corrected chi connectivity index (χ3v) is 9.66. The van der Waals surface area contributed by atoms with E-state index in [-0.39, 0.29) is 5.41 Å². The molecule has 0 atom stereocenters. The Hall–Kier alpha value is -4.89. The highest BCUT2D eigenvalue weighted by atomic mass is 15.0. The molecule has 0 fully saturated rings. The van der Waals surface area contributed by atoms with Gasteiger partial charge >= 0.3 is 0 Å². The van der Waals surface area contributed by atoms with E-state index in [0.29, 0.717) is 17.5 Å². The Labute approximate surface area is 287 Å². The third kappa shape index (κ3) is 6.87. The molecule has 1 aromatic heterocycles. The number of hydrogen-bond donors (Lipinski definition) is 0. The molecule has 2 aliphatic carbocycles. The molecular weight excluding hydrogens is 583 g/mol. The molecule has 0 aliphatic heterocycles. The fourth-order valence-electron chi connectivity index (χ4n) is 7.44. The van der Waals surface area contributed by atoms with Crippen LogP contribution in [0, 0.1) is 0 Å². The highest BCUT2D eigenvalue weighted by Gasteiger charge is 2.33. The summed E-state index contributed by atoms with van der Waals surface area (Å²) < 4.78 is 0. The predicted molar refractivity (Wildman–Crippen MR) is 203 cm³/mol. The Kier molecular flexibility index (Phi) is 10.6. The van der Waals surface area contributed by atoms with E-state index in [0.717, 1.165) is 68.1 Å². The Morgan fingerprint density at radius 1 is 0.771 bits per heavy atom. The van der Waals surface area contributed by atoms with Crippen LogP contribution in [0.3, 0.4) is 0 Å². The van der Waals surface area contributed by atoms with Gasteiger partial charge in [0.05, 0.1) is 0 Å². The summed E-state index contributed by atoms with van der Waals surface area (Å²) in [4.78, 5) is 14.9. The lowest BCUT2D eigenvalue weighted by molar-refractivity contribution is 0.426. The third-order valence-electron chi connectivity index (χ3n) is 9.66. The van der Waals surface area contributed by atoms with Gasteiger partial charge in [0.2, 0.25) is 0 Å². The molecule has 0 spiro atoms. The lowest BCUT2D eigenvalue weighted by Gasteiger charge is -2.35. The Morgan fingerprint density at radius 3 is 2.10 bits per heavy atom. The average molecular weight is 630 g/mol. The van der Waals surface area contributed by atoms with E-state index in [4.69, 9.17) is 15.0 Å². The van der Waals surface area contributed by atoms with Crippen LogP contribution >= 0.6 is 0 Å². The molecule has 0 saturated carbocycles. The van der Waals surface area contributed by atoms with Gasteiger partial charge in [-0.1, -0.05) is 155 Å². The minimum absolute atomic E-state index is 0.0711. The summed E-state index contributed by atoms with van der Waals surface area (Å²) in [6, 6.07) is 27.3. The Morgan fingerprint density at radius 2 is 1.46 bits per heavy atom. The van der Waals surface area contributed by atoms with Crippen LogP contribution in [0.5, 0.6) is 0 Å². The maximum atomic E-state index is 5.00. The monoisotopic (exact) mass is 629 g/mol. The Bertz CT molecular complexity index is 1890. The summed E-state index contributed by atoms with van der Waals surface area (Å²) in [6.45, 7) is 10.5. The SMILES string of the molecule is C=C/C=C(\C=C/C)c1nc(C2=CCCC=C2)nc(-c2ccc(C(CCC)(CCC)c3ccc(C4=CCCc5ccccc54)cc3)cc2)n1. The van der Waals surface area contributed by atoms with Crippen molar-refractivity contribution in [2.75, 3.05) is 0 Å².